The van der Waals surface area contributed by atoms with Gasteiger partial charge in [0.15, 0.2) is 0 Å². The largest absolute Gasteiger partial charge is 0.494 e. The highest BCUT2D eigenvalue weighted by molar-refractivity contribution is 9.10. The maximum Gasteiger partial charge on any atom is 0.136 e. The van der Waals surface area contributed by atoms with Crippen molar-refractivity contribution >= 4 is 21.7 Å². The molecule has 0 bridgehead atoms. The first-order valence-electron chi connectivity index (χ1n) is 6.56. The third-order valence-corrected chi connectivity index (χ3v) is 4.05. The Morgan fingerprint density at radius 3 is 3.06 bits per heavy atom. The number of ether oxygens (including phenoxy) is 1. The van der Waals surface area contributed by atoms with Gasteiger partial charge in [-0.15, -0.1) is 0 Å². The molecular weight excluding hydrogens is 292 g/mol. The lowest BCUT2D eigenvalue weighted by Crippen LogP contribution is -2.25. The van der Waals surface area contributed by atoms with Gasteiger partial charge in [-0.1, -0.05) is 28.9 Å². The van der Waals surface area contributed by atoms with Crippen LogP contribution in [0, 0.1) is 11.8 Å². The number of hydrogen-bond acceptors (Lipinski definition) is 2. The summed E-state index contributed by atoms with van der Waals surface area (Å²) in [6.45, 7) is 2.86. The molecule has 2 unspecified atom stereocenters. The molecule has 1 fully saturated rings. The maximum atomic E-state index is 11.8. The van der Waals surface area contributed by atoms with Crippen LogP contribution in [0.25, 0.3) is 0 Å². The van der Waals surface area contributed by atoms with Gasteiger partial charge in [-0.2, -0.15) is 0 Å². The minimum absolute atomic E-state index is 0.209. The van der Waals surface area contributed by atoms with Crippen LogP contribution in [-0.2, 0) is 4.79 Å². The van der Waals surface area contributed by atoms with Gasteiger partial charge in [-0.05, 0) is 43.4 Å². The summed E-state index contributed by atoms with van der Waals surface area (Å²) < 4.78 is 6.71. The lowest BCUT2D eigenvalue weighted by atomic mass is 9.80. The van der Waals surface area contributed by atoms with E-state index in [1.54, 1.807) is 0 Å². The zero-order chi connectivity index (χ0) is 13.0. The van der Waals surface area contributed by atoms with Gasteiger partial charge < -0.3 is 4.74 Å². The molecule has 18 heavy (non-hydrogen) atoms. The van der Waals surface area contributed by atoms with Gasteiger partial charge in [0.25, 0.3) is 0 Å². The fourth-order valence-electron chi connectivity index (χ4n) is 2.48. The number of carbonyl (C=O) groups is 1. The molecule has 2 nitrogen and oxygen atoms in total. The Hall–Kier alpha value is -0.830. The van der Waals surface area contributed by atoms with Crippen molar-refractivity contribution in [2.45, 2.75) is 32.6 Å². The predicted molar refractivity (Wildman–Crippen MR) is 75.8 cm³/mol. The third-order valence-electron chi connectivity index (χ3n) is 3.56. The van der Waals surface area contributed by atoms with Crippen molar-refractivity contribution in [1.29, 1.82) is 0 Å². The first-order valence-corrected chi connectivity index (χ1v) is 7.35. The quantitative estimate of drug-likeness (QED) is 0.832. The van der Waals surface area contributed by atoms with Gasteiger partial charge in [0.05, 0.1) is 6.61 Å². The predicted octanol–water partition coefficient (Wildman–Crippen LogP) is 4.22. The van der Waals surface area contributed by atoms with E-state index in [0.29, 0.717) is 18.3 Å². The van der Waals surface area contributed by atoms with Crippen molar-refractivity contribution in [3.8, 4) is 5.75 Å². The van der Waals surface area contributed by atoms with Crippen LogP contribution in [-0.4, -0.2) is 12.4 Å². The zero-order valence-corrected chi connectivity index (χ0v) is 12.3. The Morgan fingerprint density at radius 1 is 1.44 bits per heavy atom. The standard InChI is InChI=1S/C15H19BrO2/c1-11-5-6-15(17)12(9-11)7-8-18-14-4-2-3-13(16)10-14/h2-4,10-12H,5-9H2,1H3. The van der Waals surface area contributed by atoms with Crippen molar-refractivity contribution in [3.05, 3.63) is 28.7 Å². The second-order valence-electron chi connectivity index (χ2n) is 5.14. The fraction of sp³-hybridized carbons (Fsp3) is 0.533. The molecule has 2 rings (SSSR count). The Morgan fingerprint density at radius 2 is 2.28 bits per heavy atom. The van der Waals surface area contributed by atoms with Gasteiger partial charge in [0, 0.05) is 16.8 Å². The van der Waals surface area contributed by atoms with Crippen molar-refractivity contribution in [2.24, 2.45) is 11.8 Å². The maximum absolute atomic E-state index is 11.8. The highest BCUT2D eigenvalue weighted by atomic mass is 79.9. The molecule has 1 aromatic rings. The summed E-state index contributed by atoms with van der Waals surface area (Å²) in [5, 5.41) is 0. The van der Waals surface area contributed by atoms with Crippen LogP contribution in [0.1, 0.15) is 32.6 Å². The number of carbonyl (C=O) groups excluding carboxylic acids is 1. The summed E-state index contributed by atoms with van der Waals surface area (Å²) in [6.07, 6.45) is 3.68. The molecule has 0 heterocycles. The molecule has 1 aromatic carbocycles. The Kier molecular flexibility index (Phi) is 4.81. The summed E-state index contributed by atoms with van der Waals surface area (Å²) in [6, 6.07) is 7.81. The van der Waals surface area contributed by atoms with E-state index in [2.05, 4.69) is 22.9 Å². The summed E-state index contributed by atoms with van der Waals surface area (Å²) in [4.78, 5) is 11.8. The second-order valence-corrected chi connectivity index (χ2v) is 6.05. The smallest absolute Gasteiger partial charge is 0.136 e. The van der Waals surface area contributed by atoms with Gasteiger partial charge in [-0.3, -0.25) is 4.79 Å². The van der Waals surface area contributed by atoms with E-state index in [1.807, 2.05) is 24.3 Å². The van der Waals surface area contributed by atoms with Crippen molar-refractivity contribution in [1.82, 2.24) is 0 Å². The van der Waals surface area contributed by atoms with Crippen LogP contribution >= 0.6 is 15.9 Å². The van der Waals surface area contributed by atoms with E-state index in [1.165, 1.54) is 0 Å². The first-order chi connectivity index (χ1) is 8.65. The summed E-state index contributed by atoms with van der Waals surface area (Å²) in [7, 11) is 0. The van der Waals surface area contributed by atoms with Gasteiger partial charge >= 0.3 is 0 Å². The fourth-order valence-corrected chi connectivity index (χ4v) is 2.86. The molecule has 1 aliphatic carbocycles. The lowest BCUT2D eigenvalue weighted by Gasteiger charge is -2.25. The van der Waals surface area contributed by atoms with Crippen LogP contribution in [0.15, 0.2) is 28.7 Å². The molecule has 0 spiro atoms. The minimum atomic E-state index is 0.209. The normalized spacial score (nSPS) is 24.0. The molecule has 0 radical (unpaired) electrons. The molecule has 0 N–H and O–H groups in total. The lowest BCUT2D eigenvalue weighted by molar-refractivity contribution is -0.125. The number of ketones is 1. The monoisotopic (exact) mass is 310 g/mol. The molecule has 0 saturated heterocycles. The highest BCUT2D eigenvalue weighted by Gasteiger charge is 2.25. The topological polar surface area (TPSA) is 26.3 Å². The van der Waals surface area contributed by atoms with E-state index < -0.39 is 0 Å². The van der Waals surface area contributed by atoms with Gasteiger partial charge in [-0.25, -0.2) is 0 Å². The number of Topliss-reactive ketones (excluding diaryl/α,β-unsaturated/α-hetero) is 1. The van der Waals surface area contributed by atoms with Crippen molar-refractivity contribution in [2.75, 3.05) is 6.61 Å². The molecule has 0 amide bonds. The van der Waals surface area contributed by atoms with Crippen LogP contribution in [0.4, 0.5) is 0 Å². The summed E-state index contributed by atoms with van der Waals surface area (Å²) in [5.41, 5.74) is 0. The second kappa shape index (κ2) is 6.37. The molecule has 3 heteroatoms. The van der Waals surface area contributed by atoms with E-state index in [4.69, 9.17) is 4.74 Å². The molecule has 0 aromatic heterocycles. The highest BCUT2D eigenvalue weighted by Crippen LogP contribution is 2.28. The number of rotatable bonds is 4. The third kappa shape index (κ3) is 3.84. The average Bonchev–Trinajstić information content (AvgIpc) is 2.34. The zero-order valence-electron chi connectivity index (χ0n) is 10.7. The number of hydrogen-bond donors (Lipinski definition) is 0. The van der Waals surface area contributed by atoms with Gasteiger partial charge in [0.2, 0.25) is 0 Å². The average molecular weight is 311 g/mol. The Bertz CT molecular complexity index is 417. The van der Waals surface area contributed by atoms with E-state index >= 15 is 0 Å². The first kappa shape index (κ1) is 13.6. The molecule has 98 valence electrons. The van der Waals surface area contributed by atoms with Crippen LogP contribution in [0.3, 0.4) is 0 Å². The summed E-state index contributed by atoms with van der Waals surface area (Å²) >= 11 is 3.41. The van der Waals surface area contributed by atoms with Crippen molar-refractivity contribution in [3.63, 3.8) is 0 Å². The number of benzene rings is 1. The van der Waals surface area contributed by atoms with Crippen LogP contribution in [0.5, 0.6) is 5.75 Å². The van der Waals surface area contributed by atoms with Crippen LogP contribution in [0.2, 0.25) is 0 Å². The minimum Gasteiger partial charge on any atom is -0.494 e. The Labute approximate surface area is 117 Å². The number of halogens is 1. The van der Waals surface area contributed by atoms with E-state index in [9.17, 15) is 4.79 Å². The molecule has 0 aliphatic heterocycles. The van der Waals surface area contributed by atoms with E-state index in [-0.39, 0.29) is 5.92 Å². The molecular formula is C15H19BrO2. The molecule has 1 aliphatic rings. The Balaban J connectivity index is 1.79. The summed E-state index contributed by atoms with van der Waals surface area (Å²) in [5.74, 6) is 2.17. The van der Waals surface area contributed by atoms with Gasteiger partial charge in [0.1, 0.15) is 11.5 Å². The van der Waals surface area contributed by atoms with E-state index in [0.717, 1.165) is 35.9 Å². The SMILES string of the molecule is CC1CCC(=O)C(CCOc2cccc(Br)c2)C1. The molecule has 1 saturated carbocycles. The molecule has 2 atom stereocenters. The van der Waals surface area contributed by atoms with Crippen LogP contribution < -0.4 is 4.74 Å². The van der Waals surface area contributed by atoms with Crippen molar-refractivity contribution < 1.29 is 9.53 Å².